The number of hydrogen-bond donors (Lipinski definition) is 2. The largest absolute Gasteiger partial charge is 0.573 e. The van der Waals surface area contributed by atoms with Crippen LogP contribution in [0.3, 0.4) is 0 Å². The van der Waals surface area contributed by atoms with Gasteiger partial charge in [-0.15, -0.1) is 26.3 Å². The summed E-state index contributed by atoms with van der Waals surface area (Å²) in [5.74, 6) is -1.44. The van der Waals surface area contributed by atoms with E-state index in [1.165, 1.54) is 19.2 Å². The van der Waals surface area contributed by atoms with Crippen molar-refractivity contribution in [2.24, 2.45) is 0 Å². The van der Waals surface area contributed by atoms with E-state index in [9.17, 15) is 39.6 Å². The molecule has 4 aromatic rings. The van der Waals surface area contributed by atoms with Gasteiger partial charge in [-0.25, -0.2) is 18.4 Å². The summed E-state index contributed by atoms with van der Waals surface area (Å²) in [6.45, 7) is -0.508. The minimum absolute atomic E-state index is 0.0526. The van der Waals surface area contributed by atoms with Gasteiger partial charge in [-0.2, -0.15) is 9.29 Å². The van der Waals surface area contributed by atoms with Gasteiger partial charge in [0.2, 0.25) is 15.9 Å². The molecule has 1 fully saturated rings. The van der Waals surface area contributed by atoms with Crippen molar-refractivity contribution in [3.8, 4) is 11.5 Å². The van der Waals surface area contributed by atoms with Crippen LogP contribution < -0.4 is 25.4 Å². The fourth-order valence-corrected chi connectivity index (χ4v) is 7.23. The molecule has 0 bridgehead atoms. The Morgan fingerprint density at radius 3 is 2.15 bits per heavy atom. The molecule has 1 atom stereocenters. The van der Waals surface area contributed by atoms with Gasteiger partial charge in [-0.1, -0.05) is 23.5 Å². The summed E-state index contributed by atoms with van der Waals surface area (Å²) in [5.41, 5.74) is 6.74. The third-order valence-corrected chi connectivity index (χ3v) is 9.83. The van der Waals surface area contributed by atoms with E-state index in [2.05, 4.69) is 29.7 Å². The molecule has 1 amide bonds. The smallest absolute Gasteiger partial charge is 0.406 e. The highest BCUT2D eigenvalue weighted by Gasteiger charge is 2.41. The zero-order valence-electron chi connectivity index (χ0n) is 24.6. The summed E-state index contributed by atoms with van der Waals surface area (Å²) in [6.07, 6.45) is -9.88. The summed E-state index contributed by atoms with van der Waals surface area (Å²) < 4.78 is 117. The van der Waals surface area contributed by atoms with E-state index in [0.717, 1.165) is 52.0 Å². The summed E-state index contributed by atoms with van der Waals surface area (Å²) in [5, 5.41) is 2.97. The lowest BCUT2D eigenvalue weighted by Crippen LogP contribution is -2.60. The fourth-order valence-electron chi connectivity index (χ4n) is 4.72. The molecule has 0 aliphatic carbocycles. The topological polar surface area (TPSA) is 162 Å². The molecule has 48 heavy (non-hydrogen) atoms. The monoisotopic (exact) mass is 721 g/mol. The third-order valence-electron chi connectivity index (χ3n) is 6.78. The minimum atomic E-state index is -4.99. The van der Waals surface area contributed by atoms with Gasteiger partial charge in [-0.3, -0.25) is 4.79 Å². The Balaban J connectivity index is 1.40. The van der Waals surface area contributed by atoms with Gasteiger partial charge in [0.25, 0.3) is 0 Å². The molecule has 2 aromatic carbocycles. The second-order valence-corrected chi connectivity index (χ2v) is 13.0. The lowest BCUT2D eigenvalue weighted by Gasteiger charge is -2.39. The molecule has 3 N–H and O–H groups in total. The zero-order valence-corrected chi connectivity index (χ0v) is 26.2. The number of fused-ring (bicyclic) bond motifs is 1. The van der Waals surface area contributed by atoms with Crippen LogP contribution in [0, 0.1) is 0 Å². The lowest BCUT2D eigenvalue weighted by atomic mass is 10.1. The Kier molecular flexibility index (Phi) is 9.85. The molecule has 2 aromatic heterocycles. The number of nitrogens with two attached hydrogens (primary N) is 1. The van der Waals surface area contributed by atoms with Crippen molar-refractivity contribution in [1.82, 2.24) is 24.6 Å². The predicted octanol–water partition coefficient (Wildman–Crippen LogP) is 3.81. The molecule has 1 saturated heterocycles. The number of carbonyl (C=O) groups is 1. The number of rotatable bonds is 10. The Morgan fingerprint density at radius 1 is 0.958 bits per heavy atom. The molecule has 13 nitrogen and oxygen atoms in total. The van der Waals surface area contributed by atoms with Crippen LogP contribution in [0.15, 0.2) is 53.4 Å². The number of sulfonamides is 1. The first kappa shape index (κ1) is 34.9. The maximum Gasteiger partial charge on any atom is 0.573 e. The number of amides is 1. The van der Waals surface area contributed by atoms with Crippen molar-refractivity contribution in [1.29, 1.82) is 0 Å². The van der Waals surface area contributed by atoms with Crippen molar-refractivity contribution in [3.05, 3.63) is 59.9 Å². The van der Waals surface area contributed by atoms with Crippen LogP contribution in [0.2, 0.25) is 0 Å². The summed E-state index contributed by atoms with van der Waals surface area (Å²) in [4.78, 5) is 27.9. The Hall–Kier alpha value is -4.47. The number of nitrogens with one attached hydrogen (secondary N) is 1. The van der Waals surface area contributed by atoms with E-state index in [1.54, 1.807) is 4.90 Å². The minimum Gasteiger partial charge on any atom is -0.406 e. The van der Waals surface area contributed by atoms with Gasteiger partial charge in [-0.05, 0) is 42.0 Å². The van der Waals surface area contributed by atoms with Crippen LogP contribution in [0.25, 0.3) is 10.3 Å². The number of halogens is 6. The van der Waals surface area contributed by atoms with Crippen LogP contribution in [0.4, 0.5) is 37.3 Å². The second kappa shape index (κ2) is 13.6. The van der Waals surface area contributed by atoms with Crippen LogP contribution in [0.1, 0.15) is 11.4 Å². The molecule has 3 heterocycles. The average molecular weight is 722 g/mol. The van der Waals surface area contributed by atoms with E-state index in [1.807, 2.05) is 0 Å². The number of benzene rings is 2. The van der Waals surface area contributed by atoms with Crippen LogP contribution in [-0.2, 0) is 32.7 Å². The van der Waals surface area contributed by atoms with Crippen molar-refractivity contribution in [2.75, 3.05) is 37.4 Å². The number of alkyl halides is 6. The standard InChI is InChI=1S/C27H25F6N7O6S2/c1-44-14-20-36-22(34)21-23(37-20)38-25(47-21)39-10-11-40(48(42,43)18-8-6-17(7-9-18)46-27(31,32)33)19(13-39)24(41)35-12-15-2-4-16(5-3-15)45-26(28,29)30/h2-9,19H,10-14H2,1H3,(H,35,41)(H2,34,36,37)/t19-/m1/s1. The van der Waals surface area contributed by atoms with Crippen molar-refractivity contribution >= 4 is 48.6 Å². The highest BCUT2D eigenvalue weighted by molar-refractivity contribution is 7.89. The molecule has 258 valence electrons. The van der Waals surface area contributed by atoms with Gasteiger partial charge in [0.1, 0.15) is 34.7 Å². The SMILES string of the molecule is COCc1nc(N)c2sc(N3CCN(S(=O)(=O)c4ccc(OC(F)(F)F)cc4)[C@@H](C(=O)NCc4ccc(OC(F)(F)F)cc4)C3)nc2n1. The molecular formula is C27H25F6N7O6S2. The number of nitrogen functional groups attached to an aromatic ring is 1. The normalized spacial score (nSPS) is 16.2. The maximum atomic E-state index is 13.8. The number of piperazine rings is 1. The molecule has 0 unspecified atom stereocenters. The number of thiazole rings is 1. The molecule has 0 saturated carbocycles. The molecular weight excluding hydrogens is 696 g/mol. The predicted molar refractivity (Wildman–Crippen MR) is 158 cm³/mol. The van der Waals surface area contributed by atoms with E-state index >= 15 is 0 Å². The van der Waals surface area contributed by atoms with Gasteiger partial charge >= 0.3 is 12.7 Å². The Bertz CT molecular complexity index is 1870. The quantitative estimate of drug-likeness (QED) is 0.229. The first-order chi connectivity index (χ1) is 22.5. The Morgan fingerprint density at radius 2 is 1.56 bits per heavy atom. The van der Waals surface area contributed by atoms with Gasteiger partial charge in [0.05, 0.1) is 4.90 Å². The molecule has 5 rings (SSSR count). The first-order valence-electron chi connectivity index (χ1n) is 13.7. The Labute approximate surface area is 272 Å². The van der Waals surface area contributed by atoms with Crippen molar-refractivity contribution in [2.45, 2.75) is 36.8 Å². The molecule has 1 aliphatic rings. The number of hydrogen-bond acceptors (Lipinski definition) is 12. The van der Waals surface area contributed by atoms with Crippen LogP contribution in [-0.4, -0.2) is 79.1 Å². The third kappa shape index (κ3) is 8.32. The van der Waals surface area contributed by atoms with E-state index in [-0.39, 0.29) is 50.1 Å². The molecule has 0 radical (unpaired) electrons. The summed E-state index contributed by atoms with van der Waals surface area (Å²) in [6, 6.07) is 6.83. The maximum absolute atomic E-state index is 13.8. The number of nitrogens with zero attached hydrogens (tertiary/aromatic N) is 5. The molecule has 0 spiro atoms. The van der Waals surface area contributed by atoms with Crippen molar-refractivity contribution < 1.29 is 53.8 Å². The zero-order chi connectivity index (χ0) is 34.9. The molecule has 1 aliphatic heterocycles. The summed E-state index contributed by atoms with van der Waals surface area (Å²) >= 11 is 1.12. The first-order valence-corrected chi connectivity index (χ1v) is 15.9. The number of carbonyl (C=O) groups excluding carboxylic acids is 1. The number of anilines is 2. The van der Waals surface area contributed by atoms with Gasteiger partial charge in [0, 0.05) is 33.3 Å². The van der Waals surface area contributed by atoms with Crippen LogP contribution >= 0.6 is 11.3 Å². The van der Waals surface area contributed by atoms with E-state index < -0.39 is 51.1 Å². The van der Waals surface area contributed by atoms with E-state index in [0.29, 0.717) is 15.4 Å². The lowest BCUT2D eigenvalue weighted by molar-refractivity contribution is -0.275. The second-order valence-electron chi connectivity index (χ2n) is 10.1. The van der Waals surface area contributed by atoms with Gasteiger partial charge < -0.3 is 30.2 Å². The number of ether oxygens (including phenoxy) is 3. The van der Waals surface area contributed by atoms with Crippen molar-refractivity contribution in [3.63, 3.8) is 0 Å². The summed E-state index contributed by atoms with van der Waals surface area (Å²) in [7, 11) is -3.00. The highest BCUT2D eigenvalue weighted by Crippen LogP contribution is 2.34. The molecule has 21 heteroatoms. The number of methoxy groups -OCH3 is 1. The average Bonchev–Trinajstić information content (AvgIpc) is 3.44. The highest BCUT2D eigenvalue weighted by atomic mass is 32.2. The fraction of sp³-hybridized carbons (Fsp3) is 0.333. The van der Waals surface area contributed by atoms with Crippen LogP contribution in [0.5, 0.6) is 11.5 Å². The van der Waals surface area contributed by atoms with E-state index in [4.69, 9.17) is 10.5 Å². The number of aromatic nitrogens is 3. The van der Waals surface area contributed by atoms with Gasteiger partial charge in [0.15, 0.2) is 16.6 Å².